The monoisotopic (exact) mass is 311 g/mol. The second kappa shape index (κ2) is 6.43. The Morgan fingerprint density at radius 2 is 1.62 bits per heavy atom. The van der Waals surface area contributed by atoms with Gasteiger partial charge in [0.2, 0.25) is 5.91 Å². The van der Waals surface area contributed by atoms with Gasteiger partial charge in [-0.3, -0.25) is 4.79 Å². The molecule has 3 atom stereocenters. The third-order valence-corrected chi connectivity index (χ3v) is 12.4. The van der Waals surface area contributed by atoms with Gasteiger partial charge in [-0.2, -0.15) is 0 Å². The van der Waals surface area contributed by atoms with Gasteiger partial charge in [0, 0.05) is 19.0 Å². The molecule has 0 radical (unpaired) electrons. The summed E-state index contributed by atoms with van der Waals surface area (Å²) >= 11 is 0. The Kier molecular flexibility index (Phi) is 5.74. The molecule has 1 amide bonds. The Labute approximate surface area is 133 Å². The maximum atomic E-state index is 12.9. The van der Waals surface area contributed by atoms with Gasteiger partial charge in [0.15, 0.2) is 0 Å². The Morgan fingerprint density at radius 3 is 1.95 bits per heavy atom. The standard InChI is InChI=1S/C18H37NOSi/c1-10-19(11-2)17(20)15-14(12-13(3)4)16(15)21(8,9)18(5,6)7/h13-16H,10-12H2,1-9H3/t14-,15-,16+/m1/s1. The lowest BCUT2D eigenvalue weighted by Gasteiger charge is -2.38. The normalized spacial score (nSPS) is 26.1. The van der Waals surface area contributed by atoms with Crippen LogP contribution in [0, 0.1) is 17.8 Å². The van der Waals surface area contributed by atoms with Crippen LogP contribution in [-0.4, -0.2) is 32.0 Å². The summed E-state index contributed by atoms with van der Waals surface area (Å²) < 4.78 is 0. The molecule has 1 saturated carbocycles. The number of hydrogen-bond acceptors (Lipinski definition) is 1. The molecule has 0 spiro atoms. The molecule has 0 aliphatic heterocycles. The van der Waals surface area contributed by atoms with E-state index in [2.05, 4.69) is 61.6 Å². The van der Waals surface area contributed by atoms with Crippen molar-refractivity contribution in [3.05, 3.63) is 0 Å². The van der Waals surface area contributed by atoms with Crippen LogP contribution in [0.3, 0.4) is 0 Å². The van der Waals surface area contributed by atoms with E-state index in [1.54, 1.807) is 0 Å². The van der Waals surface area contributed by atoms with Gasteiger partial charge in [-0.1, -0.05) is 47.7 Å². The molecule has 1 fully saturated rings. The van der Waals surface area contributed by atoms with E-state index in [0.717, 1.165) is 13.1 Å². The lowest BCUT2D eigenvalue weighted by atomic mass is 10.1. The number of carbonyl (C=O) groups is 1. The summed E-state index contributed by atoms with van der Waals surface area (Å²) in [5.41, 5.74) is 0.674. The van der Waals surface area contributed by atoms with Gasteiger partial charge in [-0.15, -0.1) is 0 Å². The van der Waals surface area contributed by atoms with Gasteiger partial charge in [-0.05, 0) is 42.7 Å². The lowest BCUT2D eigenvalue weighted by Crippen LogP contribution is -2.40. The molecule has 0 aromatic carbocycles. The Balaban J connectivity index is 2.99. The van der Waals surface area contributed by atoms with E-state index in [4.69, 9.17) is 0 Å². The van der Waals surface area contributed by atoms with Crippen molar-refractivity contribution in [2.24, 2.45) is 17.8 Å². The fourth-order valence-corrected chi connectivity index (χ4v) is 7.37. The lowest BCUT2D eigenvalue weighted by molar-refractivity contribution is -0.132. The summed E-state index contributed by atoms with van der Waals surface area (Å²) in [6.07, 6.45) is 1.22. The first-order chi connectivity index (χ1) is 9.48. The second-order valence-corrected chi connectivity index (χ2v) is 14.4. The summed E-state index contributed by atoms with van der Waals surface area (Å²) in [7, 11) is -1.45. The highest BCUT2D eigenvalue weighted by molar-refractivity contribution is 6.82. The van der Waals surface area contributed by atoms with Crippen LogP contribution in [0.4, 0.5) is 0 Å². The van der Waals surface area contributed by atoms with E-state index in [1.807, 2.05) is 4.90 Å². The molecule has 1 rings (SSSR count). The van der Waals surface area contributed by atoms with Crippen LogP contribution in [0.15, 0.2) is 0 Å². The van der Waals surface area contributed by atoms with Crippen molar-refractivity contribution in [3.63, 3.8) is 0 Å². The van der Waals surface area contributed by atoms with Gasteiger partial charge in [0.1, 0.15) is 0 Å². The van der Waals surface area contributed by atoms with Crippen LogP contribution < -0.4 is 0 Å². The summed E-state index contributed by atoms with van der Waals surface area (Å²) in [5, 5.41) is 0.366. The van der Waals surface area contributed by atoms with Crippen molar-refractivity contribution < 1.29 is 4.79 Å². The molecule has 1 aliphatic carbocycles. The van der Waals surface area contributed by atoms with Crippen molar-refractivity contribution >= 4 is 14.0 Å². The van der Waals surface area contributed by atoms with Crippen molar-refractivity contribution in [3.8, 4) is 0 Å². The van der Waals surface area contributed by atoms with E-state index in [9.17, 15) is 4.79 Å². The molecular weight excluding hydrogens is 274 g/mol. The molecule has 21 heavy (non-hydrogen) atoms. The van der Waals surface area contributed by atoms with Gasteiger partial charge in [0.05, 0.1) is 8.07 Å². The van der Waals surface area contributed by atoms with Crippen LogP contribution in [0.5, 0.6) is 0 Å². The zero-order valence-electron chi connectivity index (χ0n) is 15.8. The minimum Gasteiger partial charge on any atom is -0.343 e. The molecule has 1 aliphatic rings. The van der Waals surface area contributed by atoms with E-state index in [1.165, 1.54) is 6.42 Å². The minimum atomic E-state index is -1.45. The molecule has 0 bridgehead atoms. The number of carbonyl (C=O) groups excluding carboxylic acids is 1. The van der Waals surface area contributed by atoms with Crippen LogP contribution in [0.2, 0.25) is 23.7 Å². The zero-order valence-corrected chi connectivity index (χ0v) is 16.8. The molecule has 2 nitrogen and oxygen atoms in total. The van der Waals surface area contributed by atoms with E-state index in [0.29, 0.717) is 34.2 Å². The van der Waals surface area contributed by atoms with Crippen molar-refractivity contribution in [1.82, 2.24) is 4.90 Å². The summed E-state index contributed by atoms with van der Waals surface area (Å²) in [4.78, 5) is 14.9. The van der Waals surface area contributed by atoms with Crippen LogP contribution in [0.1, 0.15) is 54.9 Å². The highest BCUT2D eigenvalue weighted by Gasteiger charge is 2.64. The van der Waals surface area contributed by atoms with Gasteiger partial charge in [0.25, 0.3) is 0 Å². The highest BCUT2D eigenvalue weighted by Crippen LogP contribution is 2.65. The maximum absolute atomic E-state index is 12.9. The Bertz CT molecular complexity index is 366. The van der Waals surface area contributed by atoms with Crippen molar-refractivity contribution in [1.29, 1.82) is 0 Å². The minimum absolute atomic E-state index is 0.313. The number of rotatable bonds is 6. The van der Waals surface area contributed by atoms with E-state index in [-0.39, 0.29) is 0 Å². The van der Waals surface area contributed by atoms with Crippen LogP contribution >= 0.6 is 0 Å². The van der Waals surface area contributed by atoms with Crippen molar-refractivity contribution in [2.45, 2.75) is 78.6 Å². The number of nitrogens with zero attached hydrogens (tertiary/aromatic N) is 1. The third-order valence-electron chi connectivity index (χ3n) is 6.04. The second-order valence-electron chi connectivity index (χ2n) is 8.83. The van der Waals surface area contributed by atoms with Gasteiger partial charge in [-0.25, -0.2) is 0 Å². The predicted molar refractivity (Wildman–Crippen MR) is 95.3 cm³/mol. The molecule has 0 unspecified atom stereocenters. The molecule has 0 saturated heterocycles. The fraction of sp³-hybridized carbons (Fsp3) is 0.944. The Morgan fingerprint density at radius 1 is 1.14 bits per heavy atom. The topological polar surface area (TPSA) is 20.3 Å². The molecule has 0 aromatic rings. The Hall–Kier alpha value is -0.313. The first-order valence-corrected chi connectivity index (χ1v) is 11.9. The van der Waals surface area contributed by atoms with E-state index < -0.39 is 8.07 Å². The molecule has 124 valence electrons. The first kappa shape index (κ1) is 18.7. The van der Waals surface area contributed by atoms with Gasteiger partial charge < -0.3 is 4.90 Å². The third kappa shape index (κ3) is 3.72. The first-order valence-electron chi connectivity index (χ1n) is 8.77. The molecule has 0 N–H and O–H groups in total. The van der Waals surface area contributed by atoms with Crippen molar-refractivity contribution in [2.75, 3.05) is 13.1 Å². The average Bonchev–Trinajstić information content (AvgIpc) is 3.02. The average molecular weight is 312 g/mol. The zero-order chi connectivity index (χ0) is 16.6. The maximum Gasteiger partial charge on any atom is 0.225 e. The van der Waals surface area contributed by atoms with Crippen LogP contribution in [0.25, 0.3) is 0 Å². The quantitative estimate of drug-likeness (QED) is 0.630. The summed E-state index contributed by atoms with van der Waals surface area (Å²) in [6, 6.07) is 0. The number of amides is 1. The van der Waals surface area contributed by atoms with E-state index >= 15 is 0 Å². The number of hydrogen-bond donors (Lipinski definition) is 0. The molecule has 3 heteroatoms. The molecule has 0 heterocycles. The molecule has 0 aromatic heterocycles. The SMILES string of the molecule is CCN(CC)C(=O)[C@@H]1[C@@H](CC(C)C)[C@@H]1[Si](C)(C)C(C)(C)C. The summed E-state index contributed by atoms with van der Waals surface area (Å²) in [5.74, 6) is 2.07. The molecular formula is C18H37NOSi. The highest BCUT2D eigenvalue weighted by atomic mass is 28.3. The van der Waals surface area contributed by atoms with Gasteiger partial charge >= 0.3 is 0 Å². The van der Waals surface area contributed by atoms with Crippen LogP contribution in [-0.2, 0) is 4.79 Å². The largest absolute Gasteiger partial charge is 0.343 e. The fourth-order valence-electron chi connectivity index (χ4n) is 3.78. The smallest absolute Gasteiger partial charge is 0.225 e. The summed E-state index contributed by atoms with van der Waals surface area (Å²) in [6.45, 7) is 22.6. The predicted octanol–water partition coefficient (Wildman–Crippen LogP) is 5.03.